The molecule has 0 atom stereocenters. The average molecular weight is 368 g/mol. The van der Waals surface area contributed by atoms with Crippen molar-refractivity contribution in [3.05, 3.63) is 41.0 Å². The van der Waals surface area contributed by atoms with Gasteiger partial charge in [-0.2, -0.15) is 0 Å². The van der Waals surface area contributed by atoms with Crippen LogP contribution in [0, 0.1) is 0 Å². The van der Waals surface area contributed by atoms with Crippen LogP contribution in [0.3, 0.4) is 0 Å². The summed E-state index contributed by atoms with van der Waals surface area (Å²) in [6.45, 7) is 1.14. The van der Waals surface area contributed by atoms with Crippen molar-refractivity contribution in [2.24, 2.45) is 0 Å². The minimum absolute atomic E-state index is 0.269. The van der Waals surface area contributed by atoms with Crippen LogP contribution in [0.25, 0.3) is 21.3 Å². The van der Waals surface area contributed by atoms with Crippen molar-refractivity contribution in [3.63, 3.8) is 0 Å². The summed E-state index contributed by atoms with van der Waals surface area (Å²) in [5.41, 5.74) is 5.52. The Morgan fingerprint density at radius 3 is 2.81 bits per heavy atom. The molecule has 2 N–H and O–H groups in total. The summed E-state index contributed by atoms with van der Waals surface area (Å²) in [7, 11) is 0. The minimum Gasteiger partial charge on any atom is -0.396 e. The fourth-order valence-corrected chi connectivity index (χ4v) is 4.66. The molecule has 1 aliphatic carbocycles. The summed E-state index contributed by atoms with van der Waals surface area (Å²) in [5, 5.41) is 15.7. The van der Waals surface area contributed by atoms with Gasteiger partial charge in [0.05, 0.1) is 5.39 Å². The Morgan fingerprint density at radius 2 is 1.92 bits per heavy atom. The molecule has 0 aliphatic heterocycles. The lowest BCUT2D eigenvalue weighted by atomic mass is 9.89. The van der Waals surface area contributed by atoms with Gasteiger partial charge in [-0.25, -0.2) is 9.97 Å². The monoisotopic (exact) mass is 367 g/mol. The Morgan fingerprint density at radius 1 is 1.04 bits per heavy atom. The fourth-order valence-electron chi connectivity index (χ4n) is 3.74. The van der Waals surface area contributed by atoms with E-state index in [0.29, 0.717) is 0 Å². The highest BCUT2D eigenvalue weighted by Gasteiger charge is 2.15. The number of unbranched alkanes of at least 4 members (excludes halogenated alkanes) is 2. The lowest BCUT2D eigenvalue weighted by Crippen LogP contribution is -2.05. The molecule has 0 saturated carbocycles. The topological polar surface area (TPSA) is 58.0 Å². The summed E-state index contributed by atoms with van der Waals surface area (Å²) in [5.74, 6) is 0.924. The number of nitrogens with one attached hydrogen (secondary N) is 1. The summed E-state index contributed by atoms with van der Waals surface area (Å²) >= 11 is 1.68. The fraction of sp³-hybridized carbons (Fsp3) is 0.429. The first-order chi connectivity index (χ1) is 12.9. The van der Waals surface area contributed by atoms with Crippen molar-refractivity contribution >= 4 is 27.4 Å². The minimum atomic E-state index is 0.269. The second-order valence-electron chi connectivity index (χ2n) is 6.95. The molecule has 0 fully saturated rings. The molecule has 2 aromatic heterocycles. The van der Waals surface area contributed by atoms with E-state index in [2.05, 4.69) is 38.9 Å². The molecule has 0 spiro atoms. The van der Waals surface area contributed by atoms with E-state index in [1.165, 1.54) is 47.9 Å². The van der Waals surface area contributed by atoms with Crippen molar-refractivity contribution in [1.29, 1.82) is 0 Å². The normalized spacial score (nSPS) is 13.7. The quantitative estimate of drug-likeness (QED) is 0.588. The van der Waals surface area contributed by atoms with Gasteiger partial charge in [0.25, 0.3) is 0 Å². The maximum absolute atomic E-state index is 8.90. The number of fused-ring (bicyclic) bond motifs is 2. The van der Waals surface area contributed by atoms with Crippen molar-refractivity contribution in [2.75, 3.05) is 18.5 Å². The molecule has 1 aliphatic rings. The van der Waals surface area contributed by atoms with E-state index in [1.807, 2.05) is 0 Å². The van der Waals surface area contributed by atoms with Crippen LogP contribution in [0.1, 0.15) is 43.2 Å². The first kappa shape index (κ1) is 17.4. The highest BCUT2D eigenvalue weighted by Crippen LogP contribution is 2.37. The summed E-state index contributed by atoms with van der Waals surface area (Å²) < 4.78 is 0. The predicted octanol–water partition coefficient (Wildman–Crippen LogP) is 4.81. The number of hydrogen-bond acceptors (Lipinski definition) is 5. The van der Waals surface area contributed by atoms with Crippen LogP contribution in [0.4, 0.5) is 5.82 Å². The van der Waals surface area contributed by atoms with Crippen LogP contribution in [-0.2, 0) is 12.8 Å². The number of aromatic nitrogens is 2. The van der Waals surface area contributed by atoms with E-state index >= 15 is 0 Å². The smallest absolute Gasteiger partial charge is 0.138 e. The van der Waals surface area contributed by atoms with Crippen LogP contribution in [-0.4, -0.2) is 28.2 Å². The molecule has 0 radical (unpaired) electrons. The summed E-state index contributed by atoms with van der Waals surface area (Å²) in [6.07, 6.45) is 9.58. The SMILES string of the molecule is OCCCCCNc1ncnc2scc(-c3ccc4c(c3)CCCC4)c12. The Bertz CT molecular complexity index is 890. The number of aliphatic hydroxyl groups excluding tert-OH is 1. The molecule has 3 aromatic rings. The molecule has 0 saturated heterocycles. The van der Waals surface area contributed by atoms with E-state index in [0.717, 1.165) is 41.8 Å². The number of aliphatic hydroxyl groups is 1. The van der Waals surface area contributed by atoms with Gasteiger partial charge in [-0.05, 0) is 61.6 Å². The van der Waals surface area contributed by atoms with E-state index < -0.39 is 0 Å². The molecule has 0 bridgehead atoms. The van der Waals surface area contributed by atoms with Crippen LogP contribution < -0.4 is 5.32 Å². The molecule has 4 rings (SSSR count). The first-order valence-corrected chi connectivity index (χ1v) is 10.4. The van der Waals surface area contributed by atoms with Gasteiger partial charge in [0.1, 0.15) is 17.0 Å². The van der Waals surface area contributed by atoms with E-state index in [9.17, 15) is 0 Å². The Kier molecular flexibility index (Phi) is 5.46. The second kappa shape index (κ2) is 8.14. The zero-order valence-corrected chi connectivity index (χ0v) is 15.8. The Balaban J connectivity index is 1.63. The molecule has 136 valence electrons. The van der Waals surface area contributed by atoms with E-state index in [-0.39, 0.29) is 6.61 Å². The van der Waals surface area contributed by atoms with Crippen LogP contribution in [0.5, 0.6) is 0 Å². The van der Waals surface area contributed by atoms with Crippen LogP contribution in [0.15, 0.2) is 29.9 Å². The molecule has 0 amide bonds. The van der Waals surface area contributed by atoms with Crippen LogP contribution in [0.2, 0.25) is 0 Å². The zero-order chi connectivity index (χ0) is 17.8. The number of benzene rings is 1. The van der Waals surface area contributed by atoms with E-state index in [1.54, 1.807) is 17.7 Å². The molecular weight excluding hydrogens is 342 g/mol. The largest absolute Gasteiger partial charge is 0.396 e. The van der Waals surface area contributed by atoms with Gasteiger partial charge in [-0.15, -0.1) is 11.3 Å². The summed E-state index contributed by atoms with van der Waals surface area (Å²) in [4.78, 5) is 10.0. The zero-order valence-electron chi connectivity index (χ0n) is 15.0. The number of aryl methyl sites for hydroxylation is 2. The molecule has 5 heteroatoms. The third-order valence-electron chi connectivity index (χ3n) is 5.16. The number of thiophene rings is 1. The number of nitrogens with zero attached hydrogens (tertiary/aromatic N) is 2. The highest BCUT2D eigenvalue weighted by molar-refractivity contribution is 7.17. The van der Waals surface area contributed by atoms with Gasteiger partial charge < -0.3 is 10.4 Å². The third kappa shape index (κ3) is 3.60. The lowest BCUT2D eigenvalue weighted by molar-refractivity contribution is 0.283. The molecule has 2 heterocycles. The van der Waals surface area contributed by atoms with Gasteiger partial charge in [-0.3, -0.25) is 0 Å². The van der Waals surface area contributed by atoms with Gasteiger partial charge >= 0.3 is 0 Å². The van der Waals surface area contributed by atoms with Gasteiger partial charge in [0.15, 0.2) is 0 Å². The number of rotatable bonds is 7. The number of anilines is 1. The molecule has 26 heavy (non-hydrogen) atoms. The highest BCUT2D eigenvalue weighted by atomic mass is 32.1. The molecule has 4 nitrogen and oxygen atoms in total. The maximum Gasteiger partial charge on any atom is 0.138 e. The molecular formula is C21H25N3OS. The standard InChI is InChI=1S/C21H25N3OS/c25-11-5-1-4-10-22-20-19-18(13-26-21(19)24-14-23-20)17-9-8-15-6-2-3-7-16(15)12-17/h8-9,12-14,25H,1-7,10-11H2,(H,22,23,24). The molecule has 1 aromatic carbocycles. The maximum atomic E-state index is 8.90. The van der Waals surface area contributed by atoms with Gasteiger partial charge in [0, 0.05) is 24.1 Å². The third-order valence-corrected chi connectivity index (χ3v) is 6.04. The Labute approximate surface area is 158 Å². The van der Waals surface area contributed by atoms with E-state index in [4.69, 9.17) is 5.11 Å². The summed E-state index contributed by atoms with van der Waals surface area (Å²) in [6, 6.07) is 6.93. The van der Waals surface area contributed by atoms with Crippen molar-refractivity contribution in [3.8, 4) is 11.1 Å². The second-order valence-corrected chi connectivity index (χ2v) is 7.81. The average Bonchev–Trinajstić information content (AvgIpc) is 3.12. The predicted molar refractivity (Wildman–Crippen MR) is 109 cm³/mol. The van der Waals surface area contributed by atoms with Crippen molar-refractivity contribution < 1.29 is 5.11 Å². The lowest BCUT2D eigenvalue weighted by Gasteiger charge is -2.16. The number of hydrogen-bond donors (Lipinski definition) is 2. The van der Waals surface area contributed by atoms with Gasteiger partial charge in [0.2, 0.25) is 0 Å². The van der Waals surface area contributed by atoms with Crippen molar-refractivity contribution in [1.82, 2.24) is 9.97 Å². The molecule has 0 unspecified atom stereocenters. The van der Waals surface area contributed by atoms with Crippen molar-refractivity contribution in [2.45, 2.75) is 44.9 Å². The van der Waals surface area contributed by atoms with Crippen LogP contribution >= 0.6 is 11.3 Å². The first-order valence-electron chi connectivity index (χ1n) is 9.56. The van der Waals surface area contributed by atoms with Gasteiger partial charge in [-0.1, -0.05) is 18.2 Å². The Hall–Kier alpha value is -1.98.